The molecule has 0 spiro atoms. The molecule has 2 heterocycles. The minimum absolute atomic E-state index is 0.0387. The molecule has 3 rings (SSSR count). The van der Waals surface area contributed by atoms with Crippen molar-refractivity contribution in [2.45, 2.75) is 6.18 Å². The molecule has 0 aliphatic heterocycles. The van der Waals surface area contributed by atoms with Gasteiger partial charge in [-0.2, -0.15) is 18.3 Å². The highest BCUT2D eigenvalue weighted by Gasteiger charge is 2.39. The molecule has 3 aromatic rings. The molecule has 7 heteroatoms. The summed E-state index contributed by atoms with van der Waals surface area (Å²) in [6, 6.07) is 5.81. The SMILES string of the molecule is O=c1c(-c2cn[nH]c2)c(C(F)(F)F)oc2ccccc12. The molecule has 0 saturated carbocycles. The number of aromatic nitrogens is 2. The third kappa shape index (κ3) is 1.87. The minimum Gasteiger partial charge on any atom is -0.451 e. The average Bonchev–Trinajstić information content (AvgIpc) is 2.91. The van der Waals surface area contributed by atoms with E-state index in [2.05, 4.69) is 10.2 Å². The van der Waals surface area contributed by atoms with Crippen molar-refractivity contribution in [3.8, 4) is 11.1 Å². The van der Waals surface area contributed by atoms with Gasteiger partial charge in [-0.15, -0.1) is 0 Å². The third-order valence-electron chi connectivity index (χ3n) is 2.84. The second kappa shape index (κ2) is 4.22. The maximum Gasteiger partial charge on any atom is 0.450 e. The van der Waals surface area contributed by atoms with Crippen LogP contribution in [-0.2, 0) is 6.18 Å². The zero-order chi connectivity index (χ0) is 14.3. The molecule has 102 valence electrons. The number of H-pyrrole nitrogens is 1. The fourth-order valence-corrected chi connectivity index (χ4v) is 1.99. The highest BCUT2D eigenvalue weighted by atomic mass is 19.4. The smallest absolute Gasteiger partial charge is 0.450 e. The van der Waals surface area contributed by atoms with E-state index in [1.54, 1.807) is 6.07 Å². The average molecular weight is 280 g/mol. The molecule has 1 aromatic carbocycles. The molecular weight excluding hydrogens is 273 g/mol. The lowest BCUT2D eigenvalue weighted by atomic mass is 10.1. The topological polar surface area (TPSA) is 58.9 Å². The number of nitrogens with one attached hydrogen (secondary N) is 1. The molecule has 4 nitrogen and oxygen atoms in total. The Morgan fingerprint density at radius 2 is 1.95 bits per heavy atom. The number of aromatic amines is 1. The van der Waals surface area contributed by atoms with Crippen LogP contribution in [0.3, 0.4) is 0 Å². The molecule has 20 heavy (non-hydrogen) atoms. The lowest BCUT2D eigenvalue weighted by molar-refractivity contribution is -0.152. The van der Waals surface area contributed by atoms with Crippen LogP contribution in [0.25, 0.3) is 22.1 Å². The zero-order valence-corrected chi connectivity index (χ0v) is 9.86. The van der Waals surface area contributed by atoms with Crippen molar-refractivity contribution in [2.24, 2.45) is 0 Å². The molecular formula is C13H7F3N2O2. The molecule has 2 aromatic heterocycles. The maximum absolute atomic E-state index is 13.1. The van der Waals surface area contributed by atoms with Crippen molar-refractivity contribution < 1.29 is 17.6 Å². The molecule has 0 fully saturated rings. The van der Waals surface area contributed by atoms with Crippen molar-refractivity contribution >= 4 is 11.0 Å². The van der Waals surface area contributed by atoms with Gasteiger partial charge in [0, 0.05) is 11.8 Å². The summed E-state index contributed by atoms with van der Waals surface area (Å²) < 4.78 is 44.2. The van der Waals surface area contributed by atoms with Crippen LogP contribution >= 0.6 is 0 Å². The molecule has 0 aliphatic carbocycles. The van der Waals surface area contributed by atoms with Gasteiger partial charge in [-0.25, -0.2) is 0 Å². The van der Waals surface area contributed by atoms with Crippen LogP contribution in [0.2, 0.25) is 0 Å². The Balaban J connectivity index is 2.47. The Bertz CT molecular complexity index is 820. The monoisotopic (exact) mass is 280 g/mol. The first-order valence-electron chi connectivity index (χ1n) is 5.60. The van der Waals surface area contributed by atoms with E-state index in [1.807, 2.05) is 0 Å². The third-order valence-corrected chi connectivity index (χ3v) is 2.84. The highest BCUT2D eigenvalue weighted by molar-refractivity contribution is 5.82. The highest BCUT2D eigenvalue weighted by Crippen LogP contribution is 2.36. The first-order chi connectivity index (χ1) is 9.48. The van der Waals surface area contributed by atoms with E-state index in [0.29, 0.717) is 0 Å². The number of fused-ring (bicyclic) bond motifs is 1. The number of hydrogen-bond donors (Lipinski definition) is 1. The number of alkyl halides is 3. The van der Waals surface area contributed by atoms with Gasteiger partial charge < -0.3 is 4.42 Å². The van der Waals surface area contributed by atoms with Crippen LogP contribution in [0.1, 0.15) is 5.76 Å². The second-order valence-electron chi connectivity index (χ2n) is 4.12. The number of halogens is 3. The Hall–Kier alpha value is -2.57. The van der Waals surface area contributed by atoms with Gasteiger partial charge in [-0.1, -0.05) is 12.1 Å². The fraction of sp³-hybridized carbons (Fsp3) is 0.0769. The summed E-state index contributed by atoms with van der Waals surface area (Å²) >= 11 is 0. The number of para-hydroxylation sites is 1. The fourth-order valence-electron chi connectivity index (χ4n) is 1.99. The van der Waals surface area contributed by atoms with Crippen LogP contribution < -0.4 is 5.43 Å². The first kappa shape index (κ1) is 12.5. The molecule has 0 unspecified atom stereocenters. The van der Waals surface area contributed by atoms with Gasteiger partial charge in [0.05, 0.1) is 17.1 Å². The summed E-state index contributed by atoms with van der Waals surface area (Å²) in [5.74, 6) is -1.32. The zero-order valence-electron chi connectivity index (χ0n) is 9.86. The predicted molar refractivity (Wildman–Crippen MR) is 65.1 cm³/mol. The summed E-state index contributed by atoms with van der Waals surface area (Å²) in [5, 5.41) is 6.05. The Morgan fingerprint density at radius 1 is 1.20 bits per heavy atom. The van der Waals surface area contributed by atoms with Gasteiger partial charge in [0.1, 0.15) is 5.58 Å². The van der Waals surface area contributed by atoms with Gasteiger partial charge >= 0.3 is 6.18 Å². The van der Waals surface area contributed by atoms with E-state index in [0.717, 1.165) is 6.20 Å². The molecule has 1 N–H and O–H groups in total. The normalized spacial score (nSPS) is 11.9. The van der Waals surface area contributed by atoms with Gasteiger partial charge in [0.25, 0.3) is 0 Å². The molecule has 0 aliphatic rings. The van der Waals surface area contributed by atoms with Crippen molar-refractivity contribution in [1.82, 2.24) is 10.2 Å². The van der Waals surface area contributed by atoms with E-state index in [4.69, 9.17) is 4.42 Å². The van der Waals surface area contributed by atoms with Gasteiger partial charge in [0.2, 0.25) is 11.2 Å². The number of hydrogen-bond acceptors (Lipinski definition) is 3. The molecule has 0 amide bonds. The van der Waals surface area contributed by atoms with Gasteiger partial charge in [0.15, 0.2) is 0 Å². The minimum atomic E-state index is -4.77. The maximum atomic E-state index is 13.1. The van der Waals surface area contributed by atoms with Crippen molar-refractivity contribution in [3.05, 3.63) is 52.6 Å². The Kier molecular flexibility index (Phi) is 2.63. The van der Waals surface area contributed by atoms with Crippen LogP contribution in [0.5, 0.6) is 0 Å². The van der Waals surface area contributed by atoms with E-state index in [1.165, 1.54) is 24.4 Å². The number of benzene rings is 1. The van der Waals surface area contributed by atoms with Crippen LogP contribution in [0.15, 0.2) is 45.9 Å². The summed E-state index contributed by atoms with van der Waals surface area (Å²) in [6.45, 7) is 0. The Morgan fingerprint density at radius 3 is 2.60 bits per heavy atom. The predicted octanol–water partition coefficient (Wildman–Crippen LogP) is 3.20. The molecule has 0 saturated heterocycles. The first-order valence-corrected chi connectivity index (χ1v) is 5.60. The van der Waals surface area contributed by atoms with Crippen LogP contribution in [0, 0.1) is 0 Å². The largest absolute Gasteiger partial charge is 0.451 e. The van der Waals surface area contributed by atoms with E-state index >= 15 is 0 Å². The van der Waals surface area contributed by atoms with Crippen molar-refractivity contribution in [3.63, 3.8) is 0 Å². The van der Waals surface area contributed by atoms with E-state index in [9.17, 15) is 18.0 Å². The molecule has 0 bridgehead atoms. The van der Waals surface area contributed by atoms with Crippen molar-refractivity contribution in [1.29, 1.82) is 0 Å². The van der Waals surface area contributed by atoms with Crippen molar-refractivity contribution in [2.75, 3.05) is 0 Å². The lowest BCUT2D eigenvalue weighted by Gasteiger charge is -2.11. The quantitative estimate of drug-likeness (QED) is 0.744. The van der Waals surface area contributed by atoms with Gasteiger partial charge in [-0.3, -0.25) is 9.89 Å². The van der Waals surface area contributed by atoms with Crippen LogP contribution in [0.4, 0.5) is 13.2 Å². The Labute approximate surface area is 109 Å². The second-order valence-corrected chi connectivity index (χ2v) is 4.12. The van der Waals surface area contributed by atoms with Gasteiger partial charge in [-0.05, 0) is 12.1 Å². The summed E-state index contributed by atoms with van der Waals surface area (Å²) in [5.41, 5.74) is -1.33. The molecule has 0 atom stereocenters. The summed E-state index contributed by atoms with van der Waals surface area (Å²) in [6.07, 6.45) is -2.40. The standard InChI is InChI=1S/C13H7F3N2O2/c14-13(15,16)12-10(7-5-17-18-6-7)11(19)8-3-1-2-4-9(8)20-12/h1-6H,(H,17,18). The van der Waals surface area contributed by atoms with E-state index in [-0.39, 0.29) is 16.5 Å². The summed E-state index contributed by atoms with van der Waals surface area (Å²) in [7, 11) is 0. The lowest BCUT2D eigenvalue weighted by Crippen LogP contribution is -2.15. The summed E-state index contributed by atoms with van der Waals surface area (Å²) in [4.78, 5) is 12.3. The number of rotatable bonds is 1. The van der Waals surface area contributed by atoms with E-state index < -0.39 is 22.9 Å². The molecule has 0 radical (unpaired) electrons. The van der Waals surface area contributed by atoms with Crippen LogP contribution in [-0.4, -0.2) is 10.2 Å². The number of nitrogens with zero attached hydrogens (tertiary/aromatic N) is 1.